The van der Waals surface area contributed by atoms with Crippen molar-refractivity contribution in [1.82, 2.24) is 0 Å². The molecule has 1 unspecified atom stereocenters. The van der Waals surface area contributed by atoms with Gasteiger partial charge in [-0.05, 0) is 79.5 Å². The molecule has 0 bridgehead atoms. The van der Waals surface area contributed by atoms with Crippen molar-refractivity contribution in [3.63, 3.8) is 0 Å². The molecule has 0 radical (unpaired) electrons. The van der Waals surface area contributed by atoms with Gasteiger partial charge in [0.1, 0.15) is 11.2 Å². The molecule has 0 saturated carbocycles. The van der Waals surface area contributed by atoms with Gasteiger partial charge in [0.2, 0.25) is 0 Å². The van der Waals surface area contributed by atoms with Crippen molar-refractivity contribution >= 4 is 43.5 Å². The van der Waals surface area contributed by atoms with Crippen LogP contribution in [0.2, 0.25) is 0 Å². The number of benzene rings is 7. The van der Waals surface area contributed by atoms with Gasteiger partial charge in [-0.25, -0.2) is 0 Å². The lowest BCUT2D eigenvalue weighted by atomic mass is 9.70. The lowest BCUT2D eigenvalue weighted by Gasteiger charge is -2.32. The van der Waals surface area contributed by atoms with Gasteiger partial charge < -0.3 is 4.42 Å². The van der Waals surface area contributed by atoms with Crippen LogP contribution in [-0.4, -0.2) is 0 Å². The first-order valence-corrected chi connectivity index (χ1v) is 14.8. The highest BCUT2D eigenvalue weighted by atomic mass is 16.3. The Kier molecular flexibility index (Phi) is 4.87. The second-order valence-electron chi connectivity index (χ2n) is 11.5. The standard InChI is InChI=1S/C41H28O/c1-2-41(27-14-4-3-5-15-27)36-21-12-20-32(35-25-26-13-6-7-16-28(26)29-17-8-9-18-30(29)35)38(36)34-24-23-33-31-19-10-11-22-37(31)42-40(33)39(34)41/h3-25H,2H2,1H3. The monoisotopic (exact) mass is 536 g/mol. The van der Waals surface area contributed by atoms with Crippen LogP contribution in [0.15, 0.2) is 144 Å². The van der Waals surface area contributed by atoms with E-state index in [0.29, 0.717) is 0 Å². The molecule has 1 aliphatic rings. The molecule has 0 amide bonds. The van der Waals surface area contributed by atoms with E-state index in [4.69, 9.17) is 4.42 Å². The van der Waals surface area contributed by atoms with Crippen LogP contribution in [0, 0.1) is 0 Å². The third-order valence-electron chi connectivity index (χ3n) is 9.62. The summed E-state index contributed by atoms with van der Waals surface area (Å²) in [4.78, 5) is 0. The van der Waals surface area contributed by atoms with Gasteiger partial charge in [0.25, 0.3) is 0 Å². The molecule has 0 saturated heterocycles. The fraction of sp³-hybridized carbons (Fsp3) is 0.0732. The zero-order chi connectivity index (χ0) is 27.8. The largest absolute Gasteiger partial charge is 0.456 e. The maximum Gasteiger partial charge on any atom is 0.140 e. The molecule has 0 N–H and O–H groups in total. The number of para-hydroxylation sites is 1. The number of hydrogen-bond donors (Lipinski definition) is 0. The minimum Gasteiger partial charge on any atom is -0.456 e. The maximum atomic E-state index is 6.78. The molecular weight excluding hydrogens is 508 g/mol. The van der Waals surface area contributed by atoms with Crippen LogP contribution in [0.3, 0.4) is 0 Å². The van der Waals surface area contributed by atoms with Crippen molar-refractivity contribution in [2.45, 2.75) is 18.8 Å². The van der Waals surface area contributed by atoms with Crippen molar-refractivity contribution in [2.75, 3.05) is 0 Å². The van der Waals surface area contributed by atoms with Crippen molar-refractivity contribution < 1.29 is 4.42 Å². The average Bonchev–Trinajstić information content (AvgIpc) is 3.58. The Balaban J connectivity index is 1.46. The van der Waals surface area contributed by atoms with E-state index in [1.807, 2.05) is 0 Å². The molecule has 1 aromatic heterocycles. The highest BCUT2D eigenvalue weighted by Gasteiger charge is 2.46. The highest BCUT2D eigenvalue weighted by Crippen LogP contribution is 2.59. The average molecular weight is 537 g/mol. The number of rotatable bonds is 3. The summed E-state index contributed by atoms with van der Waals surface area (Å²) in [5.41, 5.74) is 10.7. The van der Waals surface area contributed by atoms with E-state index in [9.17, 15) is 0 Å². The predicted octanol–water partition coefficient (Wildman–Crippen LogP) is 11.3. The molecule has 42 heavy (non-hydrogen) atoms. The highest BCUT2D eigenvalue weighted by molar-refractivity contribution is 6.16. The van der Waals surface area contributed by atoms with Gasteiger partial charge in [0.15, 0.2) is 0 Å². The van der Waals surface area contributed by atoms with E-state index < -0.39 is 0 Å². The van der Waals surface area contributed by atoms with Crippen LogP contribution < -0.4 is 0 Å². The molecular formula is C41H28O. The molecule has 1 aliphatic carbocycles. The summed E-state index contributed by atoms with van der Waals surface area (Å²) in [7, 11) is 0. The summed E-state index contributed by atoms with van der Waals surface area (Å²) in [6, 6.07) is 51.0. The second kappa shape index (κ2) is 8.68. The van der Waals surface area contributed by atoms with E-state index in [0.717, 1.165) is 17.6 Å². The Bertz CT molecular complexity index is 2340. The first-order valence-electron chi connectivity index (χ1n) is 14.8. The Morgan fingerprint density at radius 3 is 2.07 bits per heavy atom. The third kappa shape index (κ3) is 2.98. The van der Waals surface area contributed by atoms with Crippen molar-refractivity contribution in [3.8, 4) is 22.3 Å². The van der Waals surface area contributed by atoms with Crippen molar-refractivity contribution in [2.24, 2.45) is 0 Å². The minimum atomic E-state index is -0.331. The number of hydrogen-bond acceptors (Lipinski definition) is 1. The fourth-order valence-electron chi connectivity index (χ4n) is 7.85. The first-order chi connectivity index (χ1) is 20.8. The molecule has 1 atom stereocenters. The number of furan rings is 1. The molecule has 7 aromatic carbocycles. The molecule has 0 aliphatic heterocycles. The lowest BCUT2D eigenvalue weighted by Crippen LogP contribution is -2.26. The smallest absolute Gasteiger partial charge is 0.140 e. The van der Waals surface area contributed by atoms with E-state index in [1.165, 1.54) is 71.3 Å². The van der Waals surface area contributed by atoms with Crippen molar-refractivity contribution in [1.29, 1.82) is 0 Å². The van der Waals surface area contributed by atoms with Gasteiger partial charge in [-0.3, -0.25) is 0 Å². The molecule has 9 rings (SSSR count). The zero-order valence-electron chi connectivity index (χ0n) is 23.4. The summed E-state index contributed by atoms with van der Waals surface area (Å²) in [5, 5.41) is 7.48. The Morgan fingerprint density at radius 2 is 1.24 bits per heavy atom. The van der Waals surface area contributed by atoms with Crippen LogP contribution in [0.1, 0.15) is 30.0 Å². The molecule has 1 heteroatoms. The third-order valence-corrected chi connectivity index (χ3v) is 9.62. The zero-order valence-corrected chi connectivity index (χ0v) is 23.4. The van der Waals surface area contributed by atoms with Crippen LogP contribution in [0.4, 0.5) is 0 Å². The Morgan fingerprint density at radius 1 is 0.524 bits per heavy atom. The minimum absolute atomic E-state index is 0.331. The fourth-order valence-corrected chi connectivity index (χ4v) is 7.85. The van der Waals surface area contributed by atoms with E-state index in [1.54, 1.807) is 0 Å². The SMILES string of the molecule is CCC1(c2ccccc2)c2cccc(-c3cc4ccccc4c4ccccc34)c2-c2ccc3c(oc4ccccc43)c21. The second-order valence-corrected chi connectivity index (χ2v) is 11.5. The molecule has 1 heterocycles. The van der Waals surface area contributed by atoms with Gasteiger partial charge in [0, 0.05) is 21.8 Å². The van der Waals surface area contributed by atoms with E-state index >= 15 is 0 Å². The topological polar surface area (TPSA) is 13.1 Å². The molecule has 0 fully saturated rings. The normalized spacial score (nSPS) is 15.9. The summed E-state index contributed by atoms with van der Waals surface area (Å²) in [6.45, 7) is 2.32. The summed E-state index contributed by atoms with van der Waals surface area (Å²) >= 11 is 0. The molecule has 8 aromatic rings. The Hall–Kier alpha value is -5.14. The van der Waals surface area contributed by atoms with Crippen LogP contribution in [-0.2, 0) is 5.41 Å². The van der Waals surface area contributed by atoms with Gasteiger partial charge in [-0.15, -0.1) is 0 Å². The van der Waals surface area contributed by atoms with Gasteiger partial charge in [0.05, 0.1) is 0 Å². The van der Waals surface area contributed by atoms with Crippen LogP contribution >= 0.6 is 0 Å². The molecule has 1 nitrogen and oxygen atoms in total. The van der Waals surface area contributed by atoms with Gasteiger partial charge >= 0.3 is 0 Å². The molecule has 0 spiro atoms. The summed E-state index contributed by atoms with van der Waals surface area (Å²) < 4.78 is 6.78. The van der Waals surface area contributed by atoms with Crippen molar-refractivity contribution in [3.05, 3.63) is 156 Å². The van der Waals surface area contributed by atoms with Crippen LogP contribution in [0.5, 0.6) is 0 Å². The van der Waals surface area contributed by atoms with E-state index in [-0.39, 0.29) is 5.41 Å². The first kappa shape index (κ1) is 23.6. The summed E-state index contributed by atoms with van der Waals surface area (Å²) in [6.07, 6.45) is 0.926. The predicted molar refractivity (Wildman–Crippen MR) is 176 cm³/mol. The molecule has 198 valence electrons. The van der Waals surface area contributed by atoms with Crippen LogP contribution in [0.25, 0.3) is 65.7 Å². The van der Waals surface area contributed by atoms with Gasteiger partial charge in [-0.2, -0.15) is 0 Å². The number of fused-ring (bicyclic) bond motifs is 10. The Labute approximate surface area is 244 Å². The summed E-state index contributed by atoms with van der Waals surface area (Å²) in [5.74, 6) is 0. The van der Waals surface area contributed by atoms with Gasteiger partial charge in [-0.1, -0.05) is 128 Å². The lowest BCUT2D eigenvalue weighted by molar-refractivity contribution is 0.590. The maximum absolute atomic E-state index is 6.78. The quantitative estimate of drug-likeness (QED) is 0.205. The van der Waals surface area contributed by atoms with E-state index in [2.05, 4.69) is 146 Å².